The van der Waals surface area contributed by atoms with E-state index in [-0.39, 0.29) is 22.8 Å². The van der Waals surface area contributed by atoms with Crippen molar-refractivity contribution in [1.29, 1.82) is 0 Å². The molecule has 1 aliphatic carbocycles. The van der Waals surface area contributed by atoms with E-state index in [1.807, 2.05) is 0 Å². The Balaban J connectivity index is 1.66. The van der Waals surface area contributed by atoms with Crippen molar-refractivity contribution in [2.45, 2.75) is 38.6 Å². The standard InChI is InChI=1S/C21H23N3O6S2/c1-12-6-7-15-17(10-12)31-21(18(15)20(26)22-13-8-9-32(29,30)11-13)23-19(25)14-4-2-3-5-16(14)24(27)28/h2-5,12-13H,6-11H2,1H3,(H,22,26)(H,23,25). The van der Waals surface area contributed by atoms with Gasteiger partial charge in [-0.1, -0.05) is 19.1 Å². The van der Waals surface area contributed by atoms with Crippen LogP contribution in [-0.4, -0.2) is 42.7 Å². The second-order valence-electron chi connectivity index (χ2n) is 8.36. The molecular weight excluding hydrogens is 454 g/mol. The number of anilines is 1. The summed E-state index contributed by atoms with van der Waals surface area (Å²) in [5.41, 5.74) is 0.796. The number of carbonyl (C=O) groups is 2. The largest absolute Gasteiger partial charge is 0.348 e. The van der Waals surface area contributed by atoms with Gasteiger partial charge in [0.15, 0.2) is 9.84 Å². The molecule has 2 unspecified atom stereocenters. The summed E-state index contributed by atoms with van der Waals surface area (Å²) in [4.78, 5) is 37.8. The number of para-hydroxylation sites is 1. The summed E-state index contributed by atoms with van der Waals surface area (Å²) in [6.45, 7) is 2.12. The maximum absolute atomic E-state index is 13.2. The Morgan fingerprint density at radius 2 is 1.94 bits per heavy atom. The molecule has 32 heavy (non-hydrogen) atoms. The highest BCUT2D eigenvalue weighted by Crippen LogP contribution is 2.40. The minimum atomic E-state index is -3.16. The lowest BCUT2D eigenvalue weighted by atomic mass is 9.88. The second-order valence-corrected chi connectivity index (χ2v) is 11.7. The highest BCUT2D eigenvalue weighted by Gasteiger charge is 2.33. The zero-order chi connectivity index (χ0) is 23.0. The van der Waals surface area contributed by atoms with Gasteiger partial charge in [-0.3, -0.25) is 19.7 Å². The molecule has 0 radical (unpaired) electrons. The molecule has 2 aromatic rings. The number of nitro groups is 1. The van der Waals surface area contributed by atoms with Gasteiger partial charge in [-0.2, -0.15) is 0 Å². The van der Waals surface area contributed by atoms with Gasteiger partial charge in [0.05, 0.1) is 22.0 Å². The van der Waals surface area contributed by atoms with E-state index in [9.17, 15) is 28.1 Å². The van der Waals surface area contributed by atoms with Gasteiger partial charge in [-0.25, -0.2) is 8.42 Å². The maximum Gasteiger partial charge on any atom is 0.282 e. The first-order chi connectivity index (χ1) is 15.1. The Kier molecular flexibility index (Phi) is 6.04. The molecule has 2 N–H and O–H groups in total. The van der Waals surface area contributed by atoms with Gasteiger partial charge >= 0.3 is 0 Å². The average molecular weight is 478 g/mol. The van der Waals surface area contributed by atoms with E-state index in [2.05, 4.69) is 17.6 Å². The van der Waals surface area contributed by atoms with Crippen LogP contribution >= 0.6 is 11.3 Å². The summed E-state index contributed by atoms with van der Waals surface area (Å²) < 4.78 is 23.5. The second kappa shape index (κ2) is 8.62. The van der Waals surface area contributed by atoms with E-state index in [0.717, 1.165) is 23.3 Å². The van der Waals surface area contributed by atoms with Crippen LogP contribution in [-0.2, 0) is 22.7 Å². The molecule has 0 spiro atoms. The number of hydrogen-bond donors (Lipinski definition) is 2. The minimum Gasteiger partial charge on any atom is -0.348 e. The van der Waals surface area contributed by atoms with Crippen molar-refractivity contribution in [3.63, 3.8) is 0 Å². The number of hydrogen-bond acceptors (Lipinski definition) is 7. The van der Waals surface area contributed by atoms with Gasteiger partial charge in [0, 0.05) is 17.0 Å². The maximum atomic E-state index is 13.2. The first-order valence-electron chi connectivity index (χ1n) is 10.3. The highest BCUT2D eigenvalue weighted by atomic mass is 32.2. The Hall–Kier alpha value is -2.79. The average Bonchev–Trinajstić information content (AvgIpc) is 3.25. The minimum absolute atomic E-state index is 0.0402. The van der Waals surface area contributed by atoms with Crippen LogP contribution < -0.4 is 10.6 Å². The number of fused-ring (bicyclic) bond motifs is 1. The molecule has 0 bridgehead atoms. The summed E-state index contributed by atoms with van der Waals surface area (Å²) in [7, 11) is -3.16. The Labute approximate surface area is 189 Å². The lowest BCUT2D eigenvalue weighted by Gasteiger charge is -2.19. The summed E-state index contributed by atoms with van der Waals surface area (Å²) >= 11 is 1.31. The Morgan fingerprint density at radius 1 is 1.19 bits per heavy atom. The summed E-state index contributed by atoms with van der Waals surface area (Å²) in [5, 5.41) is 17.2. The van der Waals surface area contributed by atoms with Crippen molar-refractivity contribution in [3.8, 4) is 0 Å². The van der Waals surface area contributed by atoms with Gasteiger partial charge < -0.3 is 10.6 Å². The van der Waals surface area contributed by atoms with Crippen molar-refractivity contribution in [3.05, 3.63) is 55.9 Å². The SMILES string of the molecule is CC1CCc2c(sc(NC(=O)c3ccccc3[N+](=O)[O-])c2C(=O)NC2CCS(=O)(=O)C2)C1. The quantitative estimate of drug-likeness (QED) is 0.502. The van der Waals surface area contributed by atoms with Gasteiger partial charge in [0.25, 0.3) is 17.5 Å². The summed E-state index contributed by atoms with van der Waals surface area (Å²) in [6.07, 6.45) is 2.72. The van der Waals surface area contributed by atoms with Crippen molar-refractivity contribution < 1.29 is 22.9 Å². The molecule has 2 heterocycles. The fraction of sp³-hybridized carbons (Fsp3) is 0.429. The zero-order valence-electron chi connectivity index (χ0n) is 17.4. The normalized spacial score (nSPS) is 21.5. The molecule has 1 aliphatic heterocycles. The van der Waals surface area contributed by atoms with Crippen LogP contribution in [0.3, 0.4) is 0 Å². The number of nitrogens with zero attached hydrogens (tertiary/aromatic N) is 1. The lowest BCUT2D eigenvalue weighted by Crippen LogP contribution is -2.36. The fourth-order valence-electron chi connectivity index (χ4n) is 4.24. The Bertz CT molecular complexity index is 1200. The lowest BCUT2D eigenvalue weighted by molar-refractivity contribution is -0.385. The van der Waals surface area contributed by atoms with Crippen molar-refractivity contribution >= 4 is 43.7 Å². The van der Waals surface area contributed by atoms with Crippen LogP contribution in [0.2, 0.25) is 0 Å². The predicted molar refractivity (Wildman–Crippen MR) is 121 cm³/mol. The smallest absolute Gasteiger partial charge is 0.282 e. The molecule has 2 amide bonds. The Morgan fingerprint density at radius 3 is 2.62 bits per heavy atom. The monoisotopic (exact) mass is 477 g/mol. The fourth-order valence-corrected chi connectivity index (χ4v) is 7.32. The summed E-state index contributed by atoms with van der Waals surface area (Å²) in [5.74, 6) is -0.701. The molecule has 9 nitrogen and oxygen atoms in total. The van der Waals surface area contributed by atoms with Crippen LogP contribution in [0.4, 0.5) is 10.7 Å². The zero-order valence-corrected chi connectivity index (χ0v) is 19.1. The summed E-state index contributed by atoms with van der Waals surface area (Å²) in [6, 6.07) is 5.17. The molecule has 1 fully saturated rings. The van der Waals surface area contributed by atoms with E-state index in [1.54, 1.807) is 0 Å². The van der Waals surface area contributed by atoms with Crippen LogP contribution in [0.25, 0.3) is 0 Å². The van der Waals surface area contributed by atoms with E-state index in [1.165, 1.54) is 35.6 Å². The van der Waals surface area contributed by atoms with Crippen molar-refractivity contribution in [1.82, 2.24) is 5.32 Å². The van der Waals surface area contributed by atoms with Crippen LogP contribution in [0.5, 0.6) is 0 Å². The molecule has 1 saturated heterocycles. The molecule has 1 aromatic heterocycles. The number of nitro benzene ring substituents is 1. The van der Waals surface area contributed by atoms with Gasteiger partial charge in [-0.15, -0.1) is 11.3 Å². The van der Waals surface area contributed by atoms with Crippen LogP contribution in [0.1, 0.15) is 50.9 Å². The number of sulfone groups is 1. The number of amides is 2. The van der Waals surface area contributed by atoms with Crippen molar-refractivity contribution in [2.75, 3.05) is 16.8 Å². The number of rotatable bonds is 5. The van der Waals surface area contributed by atoms with Crippen LogP contribution in [0, 0.1) is 16.0 Å². The van der Waals surface area contributed by atoms with Crippen molar-refractivity contribution in [2.24, 2.45) is 5.92 Å². The molecule has 170 valence electrons. The third-order valence-electron chi connectivity index (χ3n) is 5.88. The molecule has 2 atom stereocenters. The van der Waals surface area contributed by atoms with Crippen LogP contribution in [0.15, 0.2) is 24.3 Å². The van der Waals surface area contributed by atoms with Gasteiger partial charge in [-0.05, 0) is 43.2 Å². The van der Waals surface area contributed by atoms with E-state index < -0.39 is 32.6 Å². The number of nitrogens with one attached hydrogen (secondary N) is 2. The number of thiophene rings is 1. The first kappa shape index (κ1) is 22.4. The predicted octanol–water partition coefficient (Wildman–Crippen LogP) is 2.95. The third-order valence-corrected chi connectivity index (χ3v) is 8.82. The van der Waals surface area contributed by atoms with E-state index in [0.29, 0.717) is 29.3 Å². The molecule has 2 aliphatic rings. The topological polar surface area (TPSA) is 135 Å². The van der Waals surface area contributed by atoms with Gasteiger partial charge in [0.1, 0.15) is 10.6 Å². The number of benzene rings is 1. The third kappa shape index (κ3) is 4.53. The highest BCUT2D eigenvalue weighted by molar-refractivity contribution is 7.91. The number of carbonyl (C=O) groups excluding carboxylic acids is 2. The van der Waals surface area contributed by atoms with E-state index in [4.69, 9.17) is 0 Å². The molecular formula is C21H23N3O6S2. The molecule has 1 aromatic carbocycles. The van der Waals surface area contributed by atoms with Gasteiger partial charge in [0.2, 0.25) is 0 Å². The first-order valence-corrected chi connectivity index (χ1v) is 13.0. The molecule has 4 rings (SSSR count). The molecule has 11 heteroatoms. The van der Waals surface area contributed by atoms with E-state index >= 15 is 0 Å². The molecule has 0 saturated carbocycles.